The van der Waals surface area contributed by atoms with E-state index in [4.69, 9.17) is 4.42 Å². The molecular weight excluding hydrogens is 386 g/mol. The van der Waals surface area contributed by atoms with Gasteiger partial charge in [0.25, 0.3) is 0 Å². The molecule has 2 aromatic carbocycles. The van der Waals surface area contributed by atoms with E-state index in [1.165, 1.54) is 27.9 Å². The first kappa shape index (κ1) is 21.2. The van der Waals surface area contributed by atoms with Gasteiger partial charge in [-0.05, 0) is 62.1 Å². The van der Waals surface area contributed by atoms with E-state index in [-0.39, 0.29) is 5.91 Å². The van der Waals surface area contributed by atoms with Crippen molar-refractivity contribution in [3.05, 3.63) is 70.7 Å². The Morgan fingerprint density at radius 2 is 1.74 bits per heavy atom. The summed E-state index contributed by atoms with van der Waals surface area (Å²) >= 11 is 0. The number of nitrogens with zero attached hydrogens (tertiary/aromatic N) is 3. The van der Waals surface area contributed by atoms with Crippen molar-refractivity contribution < 1.29 is 9.21 Å². The molecule has 1 aromatic heterocycles. The summed E-state index contributed by atoms with van der Waals surface area (Å²) in [6.07, 6.45) is 2.71. The predicted molar refractivity (Wildman–Crippen MR) is 124 cm³/mol. The first-order valence-corrected chi connectivity index (χ1v) is 11.0. The number of piperazine rings is 1. The molecule has 1 fully saturated rings. The minimum Gasteiger partial charge on any atom is -0.441 e. The largest absolute Gasteiger partial charge is 0.441 e. The van der Waals surface area contributed by atoms with Crippen LogP contribution in [0, 0.1) is 27.7 Å². The van der Waals surface area contributed by atoms with Crippen molar-refractivity contribution in [1.29, 1.82) is 0 Å². The zero-order valence-electron chi connectivity index (χ0n) is 18.9. The predicted octanol–water partition coefficient (Wildman–Crippen LogP) is 4.86. The highest BCUT2D eigenvalue weighted by Crippen LogP contribution is 2.25. The number of oxazole rings is 1. The molecule has 0 bridgehead atoms. The van der Waals surface area contributed by atoms with Gasteiger partial charge in [0.15, 0.2) is 11.7 Å². The molecule has 0 aliphatic carbocycles. The third-order valence-electron chi connectivity index (χ3n) is 6.45. The lowest BCUT2D eigenvalue weighted by Gasteiger charge is -2.37. The number of carbonyl (C=O) groups is 1. The van der Waals surface area contributed by atoms with Crippen LogP contribution in [0.25, 0.3) is 11.3 Å². The second kappa shape index (κ2) is 8.96. The summed E-state index contributed by atoms with van der Waals surface area (Å²) in [6, 6.07) is 12.7. The van der Waals surface area contributed by atoms with Gasteiger partial charge in [0.2, 0.25) is 5.91 Å². The summed E-state index contributed by atoms with van der Waals surface area (Å²) in [5.74, 6) is 1.55. The van der Waals surface area contributed by atoms with Gasteiger partial charge in [0.1, 0.15) is 0 Å². The lowest BCUT2D eigenvalue weighted by atomic mass is 10.1. The number of aryl methyl sites for hydroxylation is 4. The van der Waals surface area contributed by atoms with Crippen LogP contribution in [-0.2, 0) is 11.2 Å². The van der Waals surface area contributed by atoms with Crippen LogP contribution < -0.4 is 4.90 Å². The Hall–Kier alpha value is -3.08. The highest BCUT2D eigenvalue weighted by molar-refractivity contribution is 5.76. The van der Waals surface area contributed by atoms with Gasteiger partial charge in [0, 0.05) is 50.3 Å². The maximum Gasteiger partial charge on any atom is 0.223 e. The number of anilines is 1. The molecule has 3 aromatic rings. The highest BCUT2D eigenvalue weighted by atomic mass is 16.4. The molecule has 2 heterocycles. The SMILES string of the molecule is Cc1ccc(-c2cnc(CCC(=O)N3CCN(c4cccc(C)c4C)CC3)o2)cc1C. The lowest BCUT2D eigenvalue weighted by Crippen LogP contribution is -2.49. The van der Waals surface area contributed by atoms with Gasteiger partial charge in [-0.1, -0.05) is 24.3 Å². The molecule has 0 radical (unpaired) electrons. The number of amides is 1. The number of hydrogen-bond donors (Lipinski definition) is 0. The fourth-order valence-corrected chi connectivity index (χ4v) is 4.10. The zero-order chi connectivity index (χ0) is 22.0. The van der Waals surface area contributed by atoms with E-state index < -0.39 is 0 Å². The fourth-order valence-electron chi connectivity index (χ4n) is 4.10. The molecule has 1 amide bonds. The highest BCUT2D eigenvalue weighted by Gasteiger charge is 2.22. The molecule has 1 aliphatic heterocycles. The second-order valence-corrected chi connectivity index (χ2v) is 8.50. The zero-order valence-corrected chi connectivity index (χ0v) is 18.9. The summed E-state index contributed by atoms with van der Waals surface area (Å²) < 4.78 is 5.91. The van der Waals surface area contributed by atoms with Crippen LogP contribution in [0.5, 0.6) is 0 Å². The molecule has 1 aliphatic rings. The molecule has 0 atom stereocenters. The Labute approximate surface area is 184 Å². The van der Waals surface area contributed by atoms with E-state index in [1.807, 2.05) is 11.0 Å². The van der Waals surface area contributed by atoms with Crippen LogP contribution in [0.4, 0.5) is 5.69 Å². The smallest absolute Gasteiger partial charge is 0.223 e. The van der Waals surface area contributed by atoms with Gasteiger partial charge < -0.3 is 14.2 Å². The molecule has 5 nitrogen and oxygen atoms in total. The van der Waals surface area contributed by atoms with Crippen molar-refractivity contribution >= 4 is 11.6 Å². The Morgan fingerprint density at radius 1 is 0.968 bits per heavy atom. The van der Waals surface area contributed by atoms with Crippen molar-refractivity contribution in [2.45, 2.75) is 40.5 Å². The van der Waals surface area contributed by atoms with Crippen LogP contribution in [-0.4, -0.2) is 42.0 Å². The molecule has 4 rings (SSSR count). The van der Waals surface area contributed by atoms with Crippen LogP contribution in [0.3, 0.4) is 0 Å². The minimum atomic E-state index is 0.173. The van der Waals surface area contributed by atoms with Crippen molar-refractivity contribution in [3.8, 4) is 11.3 Å². The molecule has 0 N–H and O–H groups in total. The van der Waals surface area contributed by atoms with Gasteiger partial charge in [-0.15, -0.1) is 0 Å². The molecule has 31 heavy (non-hydrogen) atoms. The number of aromatic nitrogens is 1. The van der Waals surface area contributed by atoms with Crippen LogP contribution in [0.1, 0.15) is 34.6 Å². The van der Waals surface area contributed by atoms with E-state index in [9.17, 15) is 4.79 Å². The normalized spacial score (nSPS) is 14.2. The number of benzene rings is 2. The Balaban J connectivity index is 1.30. The van der Waals surface area contributed by atoms with Gasteiger partial charge in [-0.3, -0.25) is 4.79 Å². The molecular formula is C26H31N3O2. The van der Waals surface area contributed by atoms with Crippen LogP contribution in [0.15, 0.2) is 47.0 Å². The van der Waals surface area contributed by atoms with Crippen LogP contribution in [0.2, 0.25) is 0 Å². The first-order valence-electron chi connectivity index (χ1n) is 11.0. The summed E-state index contributed by atoms with van der Waals surface area (Å²) in [4.78, 5) is 21.5. The van der Waals surface area contributed by atoms with E-state index >= 15 is 0 Å². The summed E-state index contributed by atoms with van der Waals surface area (Å²) in [6.45, 7) is 11.7. The third-order valence-corrected chi connectivity index (χ3v) is 6.45. The molecule has 0 saturated carbocycles. The fraction of sp³-hybridized carbons (Fsp3) is 0.385. The van der Waals surface area contributed by atoms with E-state index in [0.29, 0.717) is 18.7 Å². The number of hydrogen-bond acceptors (Lipinski definition) is 4. The Kier molecular flexibility index (Phi) is 6.12. The molecule has 0 spiro atoms. The third kappa shape index (κ3) is 4.66. The van der Waals surface area contributed by atoms with E-state index in [2.05, 4.69) is 67.9 Å². The maximum atomic E-state index is 12.7. The molecule has 0 unspecified atom stereocenters. The Morgan fingerprint density at radius 3 is 2.48 bits per heavy atom. The van der Waals surface area contributed by atoms with Crippen molar-refractivity contribution in [1.82, 2.24) is 9.88 Å². The van der Waals surface area contributed by atoms with Crippen molar-refractivity contribution in [2.75, 3.05) is 31.1 Å². The molecule has 5 heteroatoms. The lowest BCUT2D eigenvalue weighted by molar-refractivity contribution is -0.131. The average molecular weight is 418 g/mol. The monoisotopic (exact) mass is 417 g/mol. The second-order valence-electron chi connectivity index (χ2n) is 8.50. The van der Waals surface area contributed by atoms with Gasteiger partial charge >= 0.3 is 0 Å². The van der Waals surface area contributed by atoms with Gasteiger partial charge in [-0.2, -0.15) is 0 Å². The number of carbonyl (C=O) groups excluding carboxylic acids is 1. The summed E-state index contributed by atoms with van der Waals surface area (Å²) in [5, 5.41) is 0. The van der Waals surface area contributed by atoms with E-state index in [0.717, 1.165) is 37.5 Å². The maximum absolute atomic E-state index is 12.7. The summed E-state index contributed by atoms with van der Waals surface area (Å²) in [7, 11) is 0. The van der Waals surface area contributed by atoms with Gasteiger partial charge in [0.05, 0.1) is 6.20 Å². The van der Waals surface area contributed by atoms with Crippen molar-refractivity contribution in [3.63, 3.8) is 0 Å². The standard InChI is InChI=1S/C26H31N3O2/c1-18-8-9-22(16-20(18)3)24-17-27-25(31-24)10-11-26(30)29-14-12-28(13-15-29)23-7-5-6-19(2)21(23)4/h5-9,16-17H,10-15H2,1-4H3. The minimum absolute atomic E-state index is 0.173. The van der Waals surface area contributed by atoms with E-state index in [1.54, 1.807) is 6.20 Å². The Bertz CT molecular complexity index is 1080. The van der Waals surface area contributed by atoms with Crippen LogP contribution >= 0.6 is 0 Å². The first-order chi connectivity index (χ1) is 14.9. The average Bonchev–Trinajstić information content (AvgIpc) is 3.25. The molecule has 162 valence electrons. The summed E-state index contributed by atoms with van der Waals surface area (Å²) in [5.41, 5.74) is 7.42. The quantitative estimate of drug-likeness (QED) is 0.595. The number of rotatable bonds is 5. The topological polar surface area (TPSA) is 49.6 Å². The van der Waals surface area contributed by atoms with Crippen molar-refractivity contribution in [2.24, 2.45) is 0 Å². The van der Waals surface area contributed by atoms with Gasteiger partial charge in [-0.25, -0.2) is 4.98 Å². The molecule has 1 saturated heterocycles.